The Hall–Kier alpha value is -2.53. The van der Waals surface area contributed by atoms with Gasteiger partial charge in [0, 0.05) is 30.1 Å². The van der Waals surface area contributed by atoms with Crippen molar-refractivity contribution in [2.75, 3.05) is 27.7 Å². The third kappa shape index (κ3) is 3.04. The molecule has 0 saturated carbocycles. The minimum Gasteiger partial charge on any atom is -0.497 e. The predicted molar refractivity (Wildman–Crippen MR) is 109 cm³/mol. The highest BCUT2D eigenvalue weighted by molar-refractivity contribution is 5.92. The molecule has 148 valence electrons. The standard InChI is InChI=1S/C23H28N2O3/c1-23-10-11-24(2)20(13-17-6-7-18(27-4)14-19(17)23)22(23)25(3)21(26)8-5-16-9-12-28-15-16/h5-9,12,14-15,20,22H,10-11,13H2,1-4H3/b8-5+/t20?,22-,23+/m0/s1. The van der Waals surface area contributed by atoms with Crippen molar-refractivity contribution in [3.63, 3.8) is 0 Å². The molecule has 0 N–H and O–H groups in total. The van der Waals surface area contributed by atoms with Gasteiger partial charge < -0.3 is 19.0 Å². The van der Waals surface area contributed by atoms with Crippen molar-refractivity contribution in [2.45, 2.75) is 37.3 Å². The van der Waals surface area contributed by atoms with Crippen molar-refractivity contribution >= 4 is 12.0 Å². The fraction of sp³-hybridized carbons (Fsp3) is 0.435. The molecule has 1 fully saturated rings. The lowest BCUT2D eigenvalue weighted by Crippen LogP contribution is -2.67. The molecule has 2 aromatic rings. The Morgan fingerprint density at radius 1 is 1.39 bits per heavy atom. The lowest BCUT2D eigenvalue weighted by atomic mass is 9.61. The molecular formula is C23H28N2O3. The van der Waals surface area contributed by atoms with Gasteiger partial charge in [-0.2, -0.15) is 0 Å². The number of furan rings is 1. The lowest BCUT2D eigenvalue weighted by molar-refractivity contribution is -0.132. The average molecular weight is 380 g/mol. The number of fused-ring (bicyclic) bond motifs is 4. The number of amides is 1. The van der Waals surface area contributed by atoms with E-state index in [0.717, 1.165) is 30.7 Å². The molecule has 0 radical (unpaired) electrons. The van der Waals surface area contributed by atoms with Crippen molar-refractivity contribution in [3.8, 4) is 5.75 Å². The number of likely N-dealkylation sites (tertiary alicyclic amines) is 1. The van der Waals surface area contributed by atoms with Crippen LogP contribution in [0.2, 0.25) is 0 Å². The first-order valence-electron chi connectivity index (χ1n) is 9.79. The number of hydrogen-bond acceptors (Lipinski definition) is 4. The SMILES string of the molecule is COc1ccc2c(c1)[C@@]1(C)CCN(C)C(C2)[C@@H]1N(C)C(=O)/C=C/c1ccoc1. The molecule has 2 heterocycles. The average Bonchev–Trinajstić information content (AvgIpc) is 3.22. The number of likely N-dealkylation sites (N-methyl/N-ethyl adjacent to an activating group) is 2. The van der Waals surface area contributed by atoms with Crippen molar-refractivity contribution in [1.29, 1.82) is 0 Å². The summed E-state index contributed by atoms with van der Waals surface area (Å²) in [6.07, 6.45) is 8.65. The summed E-state index contributed by atoms with van der Waals surface area (Å²) in [4.78, 5) is 17.4. The van der Waals surface area contributed by atoms with Gasteiger partial charge in [-0.1, -0.05) is 13.0 Å². The lowest BCUT2D eigenvalue weighted by Gasteiger charge is -2.57. The predicted octanol–water partition coefficient (Wildman–Crippen LogP) is 3.35. The summed E-state index contributed by atoms with van der Waals surface area (Å²) in [5.41, 5.74) is 3.47. The summed E-state index contributed by atoms with van der Waals surface area (Å²) in [6, 6.07) is 8.65. The van der Waals surface area contributed by atoms with Gasteiger partial charge >= 0.3 is 0 Å². The molecule has 2 aliphatic rings. The van der Waals surface area contributed by atoms with Gasteiger partial charge in [0.2, 0.25) is 5.91 Å². The molecule has 1 amide bonds. The summed E-state index contributed by atoms with van der Waals surface area (Å²) < 4.78 is 10.6. The number of methoxy groups -OCH3 is 1. The molecular weight excluding hydrogens is 352 g/mol. The van der Waals surface area contributed by atoms with Gasteiger partial charge in [-0.3, -0.25) is 4.79 Å². The van der Waals surface area contributed by atoms with Crippen LogP contribution >= 0.6 is 0 Å². The fourth-order valence-corrected chi connectivity index (χ4v) is 5.04. The number of carbonyl (C=O) groups is 1. The number of hydrogen-bond donors (Lipinski definition) is 0. The zero-order chi connectivity index (χ0) is 19.9. The molecule has 5 heteroatoms. The van der Waals surface area contributed by atoms with E-state index in [4.69, 9.17) is 9.15 Å². The van der Waals surface area contributed by atoms with Crippen LogP contribution in [0.4, 0.5) is 0 Å². The molecule has 1 aromatic heterocycles. The summed E-state index contributed by atoms with van der Waals surface area (Å²) in [5.74, 6) is 0.897. The van der Waals surface area contributed by atoms with Gasteiger partial charge in [-0.25, -0.2) is 0 Å². The van der Waals surface area contributed by atoms with Crippen LogP contribution in [0.1, 0.15) is 30.0 Å². The summed E-state index contributed by atoms with van der Waals surface area (Å²) >= 11 is 0. The second kappa shape index (κ2) is 7.13. The van der Waals surface area contributed by atoms with Crippen LogP contribution in [0.15, 0.2) is 47.3 Å². The van der Waals surface area contributed by atoms with Crippen LogP contribution in [0.25, 0.3) is 6.08 Å². The molecule has 1 aromatic carbocycles. The topological polar surface area (TPSA) is 45.9 Å². The molecule has 1 saturated heterocycles. The highest BCUT2D eigenvalue weighted by Crippen LogP contribution is 2.47. The van der Waals surface area contributed by atoms with Gasteiger partial charge in [0.1, 0.15) is 5.75 Å². The Morgan fingerprint density at radius 2 is 2.21 bits per heavy atom. The quantitative estimate of drug-likeness (QED) is 0.763. The second-order valence-corrected chi connectivity index (χ2v) is 8.23. The van der Waals surface area contributed by atoms with Crippen molar-refractivity contribution in [1.82, 2.24) is 9.80 Å². The van der Waals surface area contributed by atoms with E-state index in [1.165, 1.54) is 11.1 Å². The highest BCUT2D eigenvalue weighted by atomic mass is 16.5. The number of nitrogens with zero attached hydrogens (tertiary/aromatic N) is 2. The molecule has 5 nitrogen and oxygen atoms in total. The van der Waals surface area contributed by atoms with E-state index >= 15 is 0 Å². The fourth-order valence-electron chi connectivity index (χ4n) is 5.04. The minimum atomic E-state index is -0.104. The Morgan fingerprint density at radius 3 is 2.93 bits per heavy atom. The Balaban J connectivity index is 1.69. The smallest absolute Gasteiger partial charge is 0.246 e. The van der Waals surface area contributed by atoms with E-state index in [9.17, 15) is 4.79 Å². The van der Waals surface area contributed by atoms with E-state index < -0.39 is 0 Å². The molecule has 28 heavy (non-hydrogen) atoms. The van der Waals surface area contributed by atoms with E-state index in [2.05, 4.69) is 31.0 Å². The van der Waals surface area contributed by atoms with Gasteiger partial charge in [-0.15, -0.1) is 0 Å². The zero-order valence-corrected chi connectivity index (χ0v) is 17.0. The molecule has 0 spiro atoms. The first-order valence-corrected chi connectivity index (χ1v) is 9.79. The first-order chi connectivity index (χ1) is 13.4. The largest absolute Gasteiger partial charge is 0.497 e. The van der Waals surface area contributed by atoms with Crippen molar-refractivity contribution in [3.05, 3.63) is 59.6 Å². The van der Waals surface area contributed by atoms with Gasteiger partial charge in [0.15, 0.2) is 0 Å². The van der Waals surface area contributed by atoms with E-state index in [1.807, 2.05) is 30.2 Å². The van der Waals surface area contributed by atoms with E-state index in [1.54, 1.807) is 25.7 Å². The Bertz CT molecular complexity index is 889. The zero-order valence-electron chi connectivity index (χ0n) is 17.0. The molecule has 3 atom stereocenters. The minimum absolute atomic E-state index is 0.0177. The van der Waals surface area contributed by atoms with Gasteiger partial charge in [0.25, 0.3) is 0 Å². The van der Waals surface area contributed by atoms with Crippen LogP contribution < -0.4 is 4.74 Å². The van der Waals surface area contributed by atoms with Crippen LogP contribution in [0.3, 0.4) is 0 Å². The number of carbonyl (C=O) groups excluding carboxylic acids is 1. The number of piperidine rings is 1. The maximum absolute atomic E-state index is 13.0. The van der Waals surface area contributed by atoms with Crippen molar-refractivity contribution < 1.29 is 13.9 Å². The van der Waals surface area contributed by atoms with Crippen LogP contribution in [0, 0.1) is 0 Å². The second-order valence-electron chi connectivity index (χ2n) is 8.23. The number of rotatable bonds is 4. The Labute approximate surface area is 166 Å². The third-order valence-electron chi connectivity index (χ3n) is 6.66. The third-order valence-corrected chi connectivity index (χ3v) is 6.66. The van der Waals surface area contributed by atoms with Crippen LogP contribution in [-0.2, 0) is 16.6 Å². The van der Waals surface area contributed by atoms with Crippen LogP contribution in [-0.4, -0.2) is 55.5 Å². The summed E-state index contributed by atoms with van der Waals surface area (Å²) in [5, 5.41) is 0. The number of benzene rings is 1. The number of ether oxygens (including phenoxy) is 1. The van der Waals surface area contributed by atoms with Gasteiger partial charge in [-0.05, 0) is 61.8 Å². The normalized spacial score (nSPS) is 26.9. The van der Waals surface area contributed by atoms with E-state index in [0.29, 0.717) is 6.04 Å². The molecule has 1 aliphatic carbocycles. The maximum atomic E-state index is 13.0. The maximum Gasteiger partial charge on any atom is 0.246 e. The monoisotopic (exact) mass is 380 g/mol. The molecule has 1 unspecified atom stereocenters. The highest BCUT2D eigenvalue weighted by Gasteiger charge is 2.52. The van der Waals surface area contributed by atoms with E-state index in [-0.39, 0.29) is 17.4 Å². The van der Waals surface area contributed by atoms with Gasteiger partial charge in [0.05, 0.1) is 25.7 Å². The van der Waals surface area contributed by atoms with Crippen LogP contribution in [0.5, 0.6) is 5.75 Å². The van der Waals surface area contributed by atoms with Crippen molar-refractivity contribution in [2.24, 2.45) is 0 Å². The molecule has 1 aliphatic heterocycles. The molecule has 2 bridgehead atoms. The Kier molecular flexibility index (Phi) is 4.79. The molecule has 4 rings (SSSR count). The first kappa shape index (κ1) is 18.8. The summed E-state index contributed by atoms with van der Waals surface area (Å²) in [7, 11) is 5.81. The summed E-state index contributed by atoms with van der Waals surface area (Å²) in [6.45, 7) is 3.33.